The number of H-pyrrole nitrogens is 1. The molecule has 1 N–H and O–H groups in total. The van der Waals surface area contributed by atoms with Crippen LogP contribution in [0, 0.1) is 0 Å². The standard InChI is InChI=1S/C13H13ClN4O2/c1-17-7-8(5-11(17)19)12-15-16-13(20)18(12)10-4-2-3-9(14)6-10/h2-4,6,8H,5,7H2,1H3,(H,16,20). The highest BCUT2D eigenvalue weighted by atomic mass is 35.5. The van der Waals surface area contributed by atoms with E-state index in [0.717, 1.165) is 0 Å². The van der Waals surface area contributed by atoms with Crippen LogP contribution in [0.15, 0.2) is 29.1 Å². The van der Waals surface area contributed by atoms with E-state index in [4.69, 9.17) is 11.6 Å². The number of rotatable bonds is 2. The number of hydrogen-bond acceptors (Lipinski definition) is 3. The predicted octanol–water partition coefficient (Wildman–Crippen LogP) is 1.16. The molecule has 6 nitrogen and oxygen atoms in total. The number of benzene rings is 1. The number of amides is 1. The van der Waals surface area contributed by atoms with Crippen molar-refractivity contribution in [3.8, 4) is 5.69 Å². The average Bonchev–Trinajstić information content (AvgIpc) is 2.93. The van der Waals surface area contributed by atoms with Crippen LogP contribution < -0.4 is 5.69 Å². The molecule has 0 spiro atoms. The number of likely N-dealkylation sites (N-methyl/N-ethyl adjacent to an activating group) is 1. The topological polar surface area (TPSA) is 71.0 Å². The zero-order chi connectivity index (χ0) is 14.3. The minimum atomic E-state index is -0.329. The van der Waals surface area contributed by atoms with Crippen molar-refractivity contribution in [1.29, 1.82) is 0 Å². The quantitative estimate of drug-likeness (QED) is 0.903. The Labute approximate surface area is 120 Å². The highest BCUT2D eigenvalue weighted by Gasteiger charge is 2.32. The number of nitrogens with zero attached hydrogens (tertiary/aromatic N) is 3. The van der Waals surface area contributed by atoms with E-state index in [-0.39, 0.29) is 17.5 Å². The SMILES string of the molecule is CN1CC(c2n[nH]c(=O)n2-c2cccc(Cl)c2)CC1=O. The van der Waals surface area contributed by atoms with E-state index in [9.17, 15) is 9.59 Å². The molecule has 3 rings (SSSR count). The number of aromatic amines is 1. The molecule has 104 valence electrons. The van der Waals surface area contributed by atoms with Crippen LogP contribution in [0.1, 0.15) is 18.2 Å². The van der Waals surface area contributed by atoms with Crippen molar-refractivity contribution < 1.29 is 4.79 Å². The first-order chi connectivity index (χ1) is 9.56. The summed E-state index contributed by atoms with van der Waals surface area (Å²) >= 11 is 5.96. The maximum atomic E-state index is 12.0. The van der Waals surface area contributed by atoms with Gasteiger partial charge in [0.1, 0.15) is 5.82 Å². The Hall–Kier alpha value is -2.08. The number of hydrogen-bond donors (Lipinski definition) is 1. The van der Waals surface area contributed by atoms with Gasteiger partial charge in [-0.05, 0) is 18.2 Å². The molecule has 0 radical (unpaired) electrons. The molecule has 1 aromatic heterocycles. The molecule has 1 unspecified atom stereocenters. The van der Waals surface area contributed by atoms with Crippen molar-refractivity contribution >= 4 is 17.5 Å². The second-order valence-corrected chi connectivity index (χ2v) is 5.31. The van der Waals surface area contributed by atoms with Crippen LogP contribution in [-0.2, 0) is 4.79 Å². The molecule has 0 saturated carbocycles. The molecule has 1 atom stereocenters. The molecule has 1 amide bonds. The number of halogens is 1. The average molecular weight is 293 g/mol. The lowest BCUT2D eigenvalue weighted by Crippen LogP contribution is -2.21. The first kappa shape index (κ1) is 12.9. The van der Waals surface area contributed by atoms with Crippen LogP contribution in [0.3, 0.4) is 0 Å². The van der Waals surface area contributed by atoms with E-state index in [1.165, 1.54) is 4.57 Å². The third-order valence-electron chi connectivity index (χ3n) is 3.47. The van der Waals surface area contributed by atoms with Crippen LogP contribution in [-0.4, -0.2) is 39.2 Å². The molecule has 1 fully saturated rings. The van der Waals surface area contributed by atoms with Crippen LogP contribution in [0.4, 0.5) is 0 Å². The Morgan fingerprint density at radius 3 is 2.85 bits per heavy atom. The van der Waals surface area contributed by atoms with E-state index in [1.54, 1.807) is 36.2 Å². The lowest BCUT2D eigenvalue weighted by Gasteiger charge is -2.11. The van der Waals surface area contributed by atoms with Gasteiger partial charge in [-0.2, -0.15) is 5.10 Å². The number of nitrogens with one attached hydrogen (secondary N) is 1. The molecule has 1 saturated heterocycles. The molecule has 0 aliphatic carbocycles. The van der Waals surface area contributed by atoms with Crippen LogP contribution in [0.5, 0.6) is 0 Å². The summed E-state index contributed by atoms with van der Waals surface area (Å²) in [5.74, 6) is 0.531. The third-order valence-corrected chi connectivity index (χ3v) is 3.71. The Bertz CT molecular complexity index is 721. The monoisotopic (exact) mass is 292 g/mol. The van der Waals surface area contributed by atoms with Crippen LogP contribution in [0.2, 0.25) is 5.02 Å². The Balaban J connectivity index is 2.07. The maximum Gasteiger partial charge on any atom is 0.347 e. The van der Waals surface area contributed by atoms with Gasteiger partial charge in [-0.3, -0.25) is 4.79 Å². The highest BCUT2D eigenvalue weighted by Crippen LogP contribution is 2.26. The van der Waals surface area contributed by atoms with Crippen molar-refractivity contribution in [2.75, 3.05) is 13.6 Å². The Morgan fingerprint density at radius 2 is 2.20 bits per heavy atom. The lowest BCUT2D eigenvalue weighted by atomic mass is 10.1. The molecule has 1 aliphatic rings. The first-order valence-electron chi connectivity index (χ1n) is 6.23. The molecular formula is C13H13ClN4O2. The van der Waals surface area contributed by atoms with Gasteiger partial charge < -0.3 is 4.90 Å². The summed E-state index contributed by atoms with van der Waals surface area (Å²) in [7, 11) is 1.75. The Morgan fingerprint density at radius 1 is 1.40 bits per heavy atom. The van der Waals surface area contributed by atoms with Gasteiger partial charge in [0, 0.05) is 31.0 Å². The van der Waals surface area contributed by atoms with Crippen molar-refractivity contribution in [1.82, 2.24) is 19.7 Å². The van der Waals surface area contributed by atoms with Crippen molar-refractivity contribution in [3.05, 3.63) is 45.6 Å². The minimum absolute atomic E-state index is 0.0584. The van der Waals surface area contributed by atoms with E-state index in [1.807, 2.05) is 0 Å². The summed E-state index contributed by atoms with van der Waals surface area (Å²) in [4.78, 5) is 25.3. The smallest absolute Gasteiger partial charge is 0.345 e. The van der Waals surface area contributed by atoms with Gasteiger partial charge in [0.2, 0.25) is 5.91 Å². The van der Waals surface area contributed by atoms with Gasteiger partial charge in [0.25, 0.3) is 0 Å². The maximum absolute atomic E-state index is 12.0. The summed E-state index contributed by atoms with van der Waals surface area (Å²) < 4.78 is 1.48. The molecular weight excluding hydrogens is 280 g/mol. The first-order valence-corrected chi connectivity index (χ1v) is 6.61. The number of likely N-dealkylation sites (tertiary alicyclic amines) is 1. The van der Waals surface area contributed by atoms with E-state index in [2.05, 4.69) is 10.2 Å². The van der Waals surface area contributed by atoms with Gasteiger partial charge >= 0.3 is 5.69 Å². The summed E-state index contributed by atoms with van der Waals surface area (Å²) in [6, 6.07) is 6.99. The number of carbonyl (C=O) groups excluding carboxylic acids is 1. The van der Waals surface area contributed by atoms with Gasteiger partial charge in [-0.15, -0.1) is 0 Å². The second kappa shape index (κ2) is 4.79. The normalized spacial score (nSPS) is 18.8. The zero-order valence-corrected chi connectivity index (χ0v) is 11.6. The molecule has 1 aromatic carbocycles. The molecule has 2 heterocycles. The molecule has 0 bridgehead atoms. The van der Waals surface area contributed by atoms with E-state index in [0.29, 0.717) is 29.5 Å². The van der Waals surface area contributed by atoms with Crippen molar-refractivity contribution in [3.63, 3.8) is 0 Å². The van der Waals surface area contributed by atoms with Crippen LogP contribution >= 0.6 is 11.6 Å². The summed E-state index contributed by atoms with van der Waals surface area (Å²) in [6.07, 6.45) is 0.362. The molecule has 1 aliphatic heterocycles. The van der Waals surface area contributed by atoms with Crippen LogP contribution in [0.25, 0.3) is 5.69 Å². The van der Waals surface area contributed by atoms with Gasteiger partial charge in [0.05, 0.1) is 5.69 Å². The largest absolute Gasteiger partial charge is 0.347 e. The fraction of sp³-hybridized carbons (Fsp3) is 0.308. The van der Waals surface area contributed by atoms with Crippen molar-refractivity contribution in [2.24, 2.45) is 0 Å². The number of aromatic nitrogens is 3. The number of carbonyl (C=O) groups is 1. The highest BCUT2D eigenvalue weighted by molar-refractivity contribution is 6.30. The van der Waals surface area contributed by atoms with Crippen molar-refractivity contribution in [2.45, 2.75) is 12.3 Å². The molecule has 20 heavy (non-hydrogen) atoms. The molecule has 2 aromatic rings. The predicted molar refractivity (Wildman–Crippen MR) is 74.2 cm³/mol. The summed E-state index contributed by atoms with van der Waals surface area (Å²) in [5, 5.41) is 7.07. The van der Waals surface area contributed by atoms with Gasteiger partial charge in [-0.25, -0.2) is 14.5 Å². The fourth-order valence-electron chi connectivity index (χ4n) is 2.48. The fourth-order valence-corrected chi connectivity index (χ4v) is 2.67. The van der Waals surface area contributed by atoms with Gasteiger partial charge in [-0.1, -0.05) is 17.7 Å². The van der Waals surface area contributed by atoms with Gasteiger partial charge in [0.15, 0.2) is 0 Å². The molecule has 7 heteroatoms. The lowest BCUT2D eigenvalue weighted by molar-refractivity contribution is -0.126. The zero-order valence-electron chi connectivity index (χ0n) is 10.8. The Kier molecular flexibility index (Phi) is 3.10. The minimum Gasteiger partial charge on any atom is -0.345 e. The van der Waals surface area contributed by atoms with E-state index >= 15 is 0 Å². The second-order valence-electron chi connectivity index (χ2n) is 4.88. The van der Waals surface area contributed by atoms with E-state index < -0.39 is 0 Å². The summed E-state index contributed by atoms with van der Waals surface area (Å²) in [6.45, 7) is 0.559. The third kappa shape index (κ3) is 2.12. The summed E-state index contributed by atoms with van der Waals surface area (Å²) in [5.41, 5.74) is 0.317.